The van der Waals surface area contributed by atoms with Crippen molar-refractivity contribution in [2.45, 2.75) is 32.4 Å². The summed E-state index contributed by atoms with van der Waals surface area (Å²) in [5, 5.41) is 10.5. The Balaban J connectivity index is 2.06. The topological polar surface area (TPSA) is 49.8 Å². The van der Waals surface area contributed by atoms with Gasteiger partial charge in [-0.2, -0.15) is 0 Å². The average Bonchev–Trinajstić information content (AvgIpc) is 2.93. The maximum atomic E-state index is 11.5. The minimum absolute atomic E-state index is 0.247. The molecule has 1 saturated heterocycles. The summed E-state index contributed by atoms with van der Waals surface area (Å²) in [4.78, 5) is 13.8. The van der Waals surface area contributed by atoms with Crippen molar-refractivity contribution in [3.05, 3.63) is 34.3 Å². The van der Waals surface area contributed by atoms with Crippen LogP contribution in [0.5, 0.6) is 0 Å². The summed E-state index contributed by atoms with van der Waals surface area (Å²) >= 11 is 6.24. The molecule has 1 aliphatic rings. The molecule has 110 valence electrons. The summed E-state index contributed by atoms with van der Waals surface area (Å²) in [6.07, 6.45) is 1.20. The number of ether oxygens (including phenoxy) is 1. The Hall–Kier alpha value is -1.10. The maximum absolute atomic E-state index is 11.5. The average molecular weight is 298 g/mol. The third kappa shape index (κ3) is 3.72. The molecule has 1 heterocycles. The molecule has 1 unspecified atom stereocenters. The van der Waals surface area contributed by atoms with Gasteiger partial charge in [0.25, 0.3) is 0 Å². The van der Waals surface area contributed by atoms with E-state index in [1.807, 2.05) is 6.07 Å². The van der Waals surface area contributed by atoms with Gasteiger partial charge in [-0.1, -0.05) is 23.7 Å². The number of likely N-dealkylation sites (tertiary alicyclic amines) is 1. The lowest BCUT2D eigenvalue weighted by molar-refractivity contribution is -0.153. The van der Waals surface area contributed by atoms with Crippen LogP contribution in [0.15, 0.2) is 18.2 Å². The number of carbonyl (C=O) groups excluding carboxylic acids is 1. The quantitative estimate of drug-likeness (QED) is 0.849. The number of esters is 1. The second-order valence-electron chi connectivity index (χ2n) is 4.99. The summed E-state index contributed by atoms with van der Waals surface area (Å²) < 4.78 is 4.80. The molecule has 0 saturated carbocycles. The first-order valence-corrected chi connectivity index (χ1v) is 7.35. The van der Waals surface area contributed by atoms with Gasteiger partial charge in [0.05, 0.1) is 6.61 Å². The van der Waals surface area contributed by atoms with Crippen LogP contribution >= 0.6 is 11.6 Å². The van der Waals surface area contributed by atoms with Gasteiger partial charge in [-0.15, -0.1) is 0 Å². The van der Waals surface area contributed by atoms with E-state index in [9.17, 15) is 9.90 Å². The first kappa shape index (κ1) is 15.3. The first-order valence-electron chi connectivity index (χ1n) is 6.97. The molecular weight excluding hydrogens is 278 g/mol. The summed E-state index contributed by atoms with van der Waals surface area (Å²) in [5.41, 5.74) is 1.49. The van der Waals surface area contributed by atoms with Gasteiger partial charge in [-0.05, 0) is 50.0 Å². The van der Waals surface area contributed by atoms with Crippen molar-refractivity contribution in [2.75, 3.05) is 19.7 Å². The zero-order valence-electron chi connectivity index (χ0n) is 11.6. The molecule has 0 radical (unpaired) electrons. The van der Waals surface area contributed by atoms with Gasteiger partial charge in [-0.3, -0.25) is 4.90 Å². The zero-order valence-corrected chi connectivity index (χ0v) is 12.4. The van der Waals surface area contributed by atoms with E-state index in [1.54, 1.807) is 19.1 Å². The summed E-state index contributed by atoms with van der Waals surface area (Å²) in [6, 6.07) is 5.26. The van der Waals surface area contributed by atoms with Crippen LogP contribution in [0, 0.1) is 0 Å². The molecular formula is C15H20ClNO3. The van der Waals surface area contributed by atoms with E-state index in [-0.39, 0.29) is 6.61 Å². The van der Waals surface area contributed by atoms with Gasteiger partial charge in [0, 0.05) is 11.6 Å². The molecule has 20 heavy (non-hydrogen) atoms. The molecule has 2 rings (SSSR count). The Morgan fingerprint density at radius 1 is 1.45 bits per heavy atom. The molecule has 1 fully saturated rings. The van der Waals surface area contributed by atoms with Crippen LogP contribution in [0.2, 0.25) is 5.02 Å². The standard InChI is InChI=1S/C15H20ClNO3/c1-2-20-15(19)14(18)11-5-6-12(13(16)9-11)10-17-7-3-4-8-17/h5-6,9,14,18H,2-4,7-8,10H2,1H3. The number of rotatable bonds is 5. The molecule has 0 aromatic heterocycles. The Labute approximate surface area is 124 Å². The predicted molar refractivity (Wildman–Crippen MR) is 77.6 cm³/mol. The SMILES string of the molecule is CCOC(=O)C(O)c1ccc(CN2CCCC2)c(Cl)c1. The van der Waals surface area contributed by atoms with Crippen LogP contribution in [0.4, 0.5) is 0 Å². The van der Waals surface area contributed by atoms with Gasteiger partial charge < -0.3 is 9.84 Å². The Bertz CT molecular complexity index is 472. The van der Waals surface area contributed by atoms with Crippen LogP contribution < -0.4 is 0 Å². The number of carbonyl (C=O) groups is 1. The van der Waals surface area contributed by atoms with Crippen molar-refractivity contribution in [2.24, 2.45) is 0 Å². The highest BCUT2D eigenvalue weighted by Gasteiger charge is 2.20. The van der Waals surface area contributed by atoms with Crippen molar-refractivity contribution in [3.63, 3.8) is 0 Å². The second-order valence-corrected chi connectivity index (χ2v) is 5.40. The van der Waals surface area contributed by atoms with E-state index in [0.717, 1.165) is 25.2 Å². The minimum Gasteiger partial charge on any atom is -0.464 e. The van der Waals surface area contributed by atoms with E-state index in [2.05, 4.69) is 4.90 Å². The normalized spacial score (nSPS) is 17.1. The molecule has 1 aromatic rings. The van der Waals surface area contributed by atoms with Crippen LogP contribution in [-0.2, 0) is 16.1 Å². The number of aliphatic hydroxyl groups excluding tert-OH is 1. The van der Waals surface area contributed by atoms with Crippen LogP contribution in [0.25, 0.3) is 0 Å². The monoisotopic (exact) mass is 297 g/mol. The fourth-order valence-electron chi connectivity index (χ4n) is 2.40. The number of benzene rings is 1. The molecule has 0 bridgehead atoms. The van der Waals surface area contributed by atoms with Crippen molar-refractivity contribution in [1.29, 1.82) is 0 Å². The van der Waals surface area contributed by atoms with Crippen LogP contribution in [0.1, 0.15) is 37.0 Å². The van der Waals surface area contributed by atoms with E-state index < -0.39 is 12.1 Å². The predicted octanol–water partition coefficient (Wildman–Crippen LogP) is 2.53. The van der Waals surface area contributed by atoms with Crippen LogP contribution in [0.3, 0.4) is 0 Å². The van der Waals surface area contributed by atoms with Crippen molar-refractivity contribution in [1.82, 2.24) is 4.90 Å². The molecule has 1 N–H and O–H groups in total. The number of hydrogen-bond donors (Lipinski definition) is 1. The number of aliphatic hydroxyl groups is 1. The Kier molecular flexibility index (Phi) is 5.40. The lowest BCUT2D eigenvalue weighted by Crippen LogP contribution is -2.19. The smallest absolute Gasteiger partial charge is 0.339 e. The van der Waals surface area contributed by atoms with E-state index in [4.69, 9.17) is 16.3 Å². The summed E-state index contributed by atoms with van der Waals surface area (Å²) in [6.45, 7) is 4.97. The highest BCUT2D eigenvalue weighted by molar-refractivity contribution is 6.31. The highest BCUT2D eigenvalue weighted by atomic mass is 35.5. The molecule has 0 aliphatic carbocycles. The Morgan fingerprint density at radius 3 is 2.75 bits per heavy atom. The van der Waals surface area contributed by atoms with Gasteiger partial charge in [0.1, 0.15) is 0 Å². The van der Waals surface area contributed by atoms with Crippen LogP contribution in [-0.4, -0.2) is 35.7 Å². The van der Waals surface area contributed by atoms with Crippen molar-refractivity contribution >= 4 is 17.6 Å². The van der Waals surface area contributed by atoms with Gasteiger partial charge >= 0.3 is 5.97 Å². The highest BCUT2D eigenvalue weighted by Crippen LogP contribution is 2.25. The van der Waals surface area contributed by atoms with E-state index >= 15 is 0 Å². The molecule has 0 amide bonds. The fraction of sp³-hybridized carbons (Fsp3) is 0.533. The third-order valence-electron chi connectivity index (χ3n) is 3.50. The van der Waals surface area contributed by atoms with Crippen molar-refractivity contribution in [3.8, 4) is 0 Å². The second kappa shape index (κ2) is 7.07. The van der Waals surface area contributed by atoms with E-state index in [1.165, 1.54) is 12.8 Å². The number of halogens is 1. The zero-order chi connectivity index (χ0) is 14.5. The first-order chi connectivity index (χ1) is 9.61. The van der Waals surface area contributed by atoms with Gasteiger partial charge in [0.2, 0.25) is 0 Å². The van der Waals surface area contributed by atoms with Gasteiger partial charge in [-0.25, -0.2) is 4.79 Å². The number of hydrogen-bond acceptors (Lipinski definition) is 4. The molecule has 1 aliphatic heterocycles. The molecule has 0 spiro atoms. The lowest BCUT2D eigenvalue weighted by atomic mass is 10.1. The fourth-order valence-corrected chi connectivity index (χ4v) is 2.65. The molecule has 5 heteroatoms. The molecule has 1 atom stereocenters. The maximum Gasteiger partial charge on any atom is 0.339 e. The minimum atomic E-state index is -1.27. The summed E-state index contributed by atoms with van der Waals surface area (Å²) in [7, 11) is 0. The Morgan fingerprint density at radius 2 is 2.15 bits per heavy atom. The van der Waals surface area contributed by atoms with Gasteiger partial charge in [0.15, 0.2) is 6.10 Å². The number of nitrogens with zero attached hydrogens (tertiary/aromatic N) is 1. The molecule has 1 aromatic carbocycles. The molecule has 4 nitrogen and oxygen atoms in total. The third-order valence-corrected chi connectivity index (χ3v) is 3.85. The summed E-state index contributed by atoms with van der Waals surface area (Å²) in [5.74, 6) is -0.643. The van der Waals surface area contributed by atoms with E-state index in [0.29, 0.717) is 10.6 Å². The largest absolute Gasteiger partial charge is 0.464 e. The van der Waals surface area contributed by atoms with Crippen molar-refractivity contribution < 1.29 is 14.6 Å². The lowest BCUT2D eigenvalue weighted by Gasteiger charge is -2.17.